The summed E-state index contributed by atoms with van der Waals surface area (Å²) in [5.41, 5.74) is -0.616. The molecular formula is C12H23NO3. The van der Waals surface area contributed by atoms with Crippen LogP contribution in [-0.2, 0) is 14.3 Å². The summed E-state index contributed by atoms with van der Waals surface area (Å²) in [6.07, 6.45) is 3.27. The van der Waals surface area contributed by atoms with Gasteiger partial charge in [-0.05, 0) is 33.1 Å². The van der Waals surface area contributed by atoms with Crippen molar-refractivity contribution in [2.24, 2.45) is 0 Å². The molecule has 1 rings (SSSR count). The Balaban J connectivity index is 2.49. The molecule has 1 fully saturated rings. The van der Waals surface area contributed by atoms with Crippen molar-refractivity contribution >= 4 is 5.97 Å². The van der Waals surface area contributed by atoms with E-state index in [0.29, 0.717) is 12.1 Å². The van der Waals surface area contributed by atoms with Gasteiger partial charge in [-0.1, -0.05) is 6.92 Å². The first-order valence-corrected chi connectivity index (χ1v) is 5.97. The molecule has 0 aliphatic carbocycles. The number of nitrogens with one attached hydrogen (secondary N) is 1. The molecule has 1 saturated heterocycles. The highest BCUT2D eigenvalue weighted by atomic mass is 16.5. The van der Waals surface area contributed by atoms with Gasteiger partial charge in [0.15, 0.2) is 0 Å². The van der Waals surface area contributed by atoms with E-state index in [4.69, 9.17) is 9.47 Å². The van der Waals surface area contributed by atoms with E-state index in [1.54, 1.807) is 0 Å². The predicted octanol–water partition coefficient (Wildman–Crippen LogP) is 1.49. The Morgan fingerprint density at radius 1 is 1.56 bits per heavy atom. The third kappa shape index (κ3) is 3.46. The third-order valence-corrected chi connectivity index (χ3v) is 3.08. The maximum absolute atomic E-state index is 11.5. The van der Waals surface area contributed by atoms with Crippen LogP contribution in [0.4, 0.5) is 0 Å². The van der Waals surface area contributed by atoms with Crippen LogP contribution in [0.25, 0.3) is 0 Å². The molecule has 1 aliphatic heterocycles. The lowest BCUT2D eigenvalue weighted by molar-refractivity contribution is -0.148. The minimum Gasteiger partial charge on any atom is -0.468 e. The highest BCUT2D eigenvalue weighted by Gasteiger charge is 2.33. The van der Waals surface area contributed by atoms with Gasteiger partial charge in [0.25, 0.3) is 0 Å². The Morgan fingerprint density at radius 3 is 2.81 bits per heavy atom. The summed E-state index contributed by atoms with van der Waals surface area (Å²) in [4.78, 5) is 11.5. The largest absolute Gasteiger partial charge is 0.468 e. The fourth-order valence-electron chi connectivity index (χ4n) is 2.12. The molecule has 0 radical (unpaired) electrons. The van der Waals surface area contributed by atoms with E-state index >= 15 is 0 Å². The molecule has 0 bridgehead atoms. The Hall–Kier alpha value is -0.610. The first-order chi connectivity index (χ1) is 7.49. The summed E-state index contributed by atoms with van der Waals surface area (Å²) in [7, 11) is 1.42. The van der Waals surface area contributed by atoms with Crippen LogP contribution in [0.3, 0.4) is 0 Å². The second kappa shape index (κ2) is 5.64. The van der Waals surface area contributed by atoms with Crippen molar-refractivity contribution in [3.05, 3.63) is 0 Å². The second-order valence-electron chi connectivity index (χ2n) is 4.88. The number of ether oxygens (including phenoxy) is 2. The van der Waals surface area contributed by atoms with E-state index in [9.17, 15) is 4.79 Å². The second-order valence-corrected chi connectivity index (χ2v) is 4.88. The summed E-state index contributed by atoms with van der Waals surface area (Å²) >= 11 is 0. The van der Waals surface area contributed by atoms with Gasteiger partial charge in [-0.15, -0.1) is 0 Å². The zero-order chi connectivity index (χ0) is 12.2. The first kappa shape index (κ1) is 13.5. The minimum absolute atomic E-state index is 0.216. The molecule has 1 aliphatic rings. The fraction of sp³-hybridized carbons (Fsp3) is 0.917. The van der Waals surface area contributed by atoms with E-state index in [1.807, 2.05) is 13.8 Å². The average Bonchev–Trinajstić information content (AvgIpc) is 2.27. The number of esters is 1. The topological polar surface area (TPSA) is 47.6 Å². The summed E-state index contributed by atoms with van der Waals surface area (Å²) < 4.78 is 10.4. The maximum Gasteiger partial charge on any atom is 0.325 e. The van der Waals surface area contributed by atoms with Gasteiger partial charge < -0.3 is 9.47 Å². The van der Waals surface area contributed by atoms with E-state index in [2.05, 4.69) is 12.2 Å². The number of methoxy groups -OCH3 is 1. The Labute approximate surface area is 97.7 Å². The zero-order valence-electron chi connectivity index (χ0n) is 10.7. The van der Waals surface area contributed by atoms with Gasteiger partial charge >= 0.3 is 5.97 Å². The van der Waals surface area contributed by atoms with Crippen LogP contribution < -0.4 is 5.32 Å². The smallest absolute Gasteiger partial charge is 0.325 e. The molecule has 1 heterocycles. The van der Waals surface area contributed by atoms with Crippen LogP contribution in [0, 0.1) is 0 Å². The van der Waals surface area contributed by atoms with Gasteiger partial charge in [-0.2, -0.15) is 0 Å². The van der Waals surface area contributed by atoms with Crippen molar-refractivity contribution in [2.45, 2.75) is 57.7 Å². The highest BCUT2D eigenvalue weighted by Crippen LogP contribution is 2.19. The van der Waals surface area contributed by atoms with Crippen molar-refractivity contribution in [3.8, 4) is 0 Å². The SMILES string of the molecule is CCC1CC(NC(C)(C)C(=O)OC)CCO1. The first-order valence-electron chi connectivity index (χ1n) is 5.97. The molecule has 0 amide bonds. The number of carbonyl (C=O) groups excluding carboxylic acids is 1. The van der Waals surface area contributed by atoms with Crippen molar-refractivity contribution in [3.63, 3.8) is 0 Å². The molecular weight excluding hydrogens is 206 g/mol. The lowest BCUT2D eigenvalue weighted by Crippen LogP contribution is -2.54. The van der Waals surface area contributed by atoms with Gasteiger partial charge in [0.2, 0.25) is 0 Å². The summed E-state index contributed by atoms with van der Waals surface area (Å²) in [6, 6.07) is 0.341. The molecule has 0 aromatic rings. The molecule has 16 heavy (non-hydrogen) atoms. The van der Waals surface area contributed by atoms with Crippen LogP contribution in [0.15, 0.2) is 0 Å². The lowest BCUT2D eigenvalue weighted by Gasteiger charge is -2.34. The standard InChI is InChI=1S/C12H23NO3/c1-5-10-8-9(6-7-16-10)13-12(2,3)11(14)15-4/h9-10,13H,5-8H2,1-4H3. The van der Waals surface area contributed by atoms with Gasteiger partial charge in [0, 0.05) is 12.6 Å². The monoisotopic (exact) mass is 229 g/mol. The Kier molecular flexibility index (Phi) is 4.74. The lowest BCUT2D eigenvalue weighted by atomic mass is 9.97. The molecule has 94 valence electrons. The van der Waals surface area contributed by atoms with Crippen LogP contribution >= 0.6 is 0 Å². The average molecular weight is 229 g/mol. The molecule has 4 heteroatoms. The van der Waals surface area contributed by atoms with Crippen LogP contribution in [-0.4, -0.2) is 37.4 Å². The third-order valence-electron chi connectivity index (χ3n) is 3.08. The van der Waals surface area contributed by atoms with Gasteiger partial charge in [0.05, 0.1) is 13.2 Å². The van der Waals surface area contributed by atoms with Crippen molar-refractivity contribution in [1.82, 2.24) is 5.32 Å². The van der Waals surface area contributed by atoms with Crippen LogP contribution in [0.2, 0.25) is 0 Å². The van der Waals surface area contributed by atoms with Gasteiger partial charge in [-0.25, -0.2) is 0 Å². The van der Waals surface area contributed by atoms with Crippen molar-refractivity contribution in [1.29, 1.82) is 0 Å². The molecule has 2 unspecified atom stereocenters. The fourth-order valence-corrected chi connectivity index (χ4v) is 2.12. The molecule has 0 aromatic heterocycles. The molecule has 0 saturated carbocycles. The van der Waals surface area contributed by atoms with E-state index in [0.717, 1.165) is 25.9 Å². The van der Waals surface area contributed by atoms with E-state index < -0.39 is 5.54 Å². The molecule has 0 spiro atoms. The summed E-state index contributed by atoms with van der Waals surface area (Å²) in [6.45, 7) is 6.61. The molecule has 0 aromatic carbocycles. The quantitative estimate of drug-likeness (QED) is 0.742. The number of carbonyl (C=O) groups is 1. The Morgan fingerprint density at radius 2 is 2.25 bits per heavy atom. The highest BCUT2D eigenvalue weighted by molar-refractivity contribution is 5.79. The maximum atomic E-state index is 11.5. The Bertz CT molecular complexity index is 240. The number of rotatable bonds is 4. The number of hydrogen-bond donors (Lipinski definition) is 1. The van der Waals surface area contributed by atoms with E-state index in [-0.39, 0.29) is 5.97 Å². The van der Waals surface area contributed by atoms with Crippen LogP contribution in [0.1, 0.15) is 40.0 Å². The van der Waals surface area contributed by atoms with Crippen molar-refractivity contribution < 1.29 is 14.3 Å². The predicted molar refractivity (Wildman–Crippen MR) is 62.3 cm³/mol. The zero-order valence-corrected chi connectivity index (χ0v) is 10.7. The number of hydrogen-bond acceptors (Lipinski definition) is 4. The normalized spacial score (nSPS) is 26.5. The van der Waals surface area contributed by atoms with Crippen LogP contribution in [0.5, 0.6) is 0 Å². The van der Waals surface area contributed by atoms with E-state index in [1.165, 1.54) is 7.11 Å². The molecule has 1 N–H and O–H groups in total. The van der Waals surface area contributed by atoms with Crippen molar-refractivity contribution in [2.75, 3.05) is 13.7 Å². The summed E-state index contributed by atoms with van der Waals surface area (Å²) in [5.74, 6) is -0.216. The van der Waals surface area contributed by atoms with Gasteiger partial charge in [0.1, 0.15) is 5.54 Å². The summed E-state index contributed by atoms with van der Waals surface area (Å²) in [5, 5.41) is 3.36. The molecule has 2 atom stereocenters. The minimum atomic E-state index is -0.616. The molecule has 4 nitrogen and oxygen atoms in total. The van der Waals surface area contributed by atoms with Gasteiger partial charge in [-0.3, -0.25) is 10.1 Å².